The van der Waals surface area contributed by atoms with E-state index in [-0.39, 0.29) is 34.4 Å². The van der Waals surface area contributed by atoms with E-state index in [0.717, 1.165) is 16.0 Å². The monoisotopic (exact) mass is 473 g/mol. The van der Waals surface area contributed by atoms with Gasteiger partial charge in [-0.2, -0.15) is 4.98 Å². The fraction of sp³-hybridized carbons (Fsp3) is 0.0400. The summed E-state index contributed by atoms with van der Waals surface area (Å²) in [7, 11) is 0. The summed E-state index contributed by atoms with van der Waals surface area (Å²) in [5.74, 6) is -0.348. The van der Waals surface area contributed by atoms with Gasteiger partial charge in [-0.25, -0.2) is 9.37 Å². The molecule has 3 heterocycles. The van der Waals surface area contributed by atoms with E-state index < -0.39 is 11.4 Å². The fourth-order valence-electron chi connectivity index (χ4n) is 3.46. The molecule has 1 N–H and O–H groups in total. The maximum absolute atomic E-state index is 14.7. The minimum Gasteiger partial charge on any atom is -0.404 e. The first-order valence-corrected chi connectivity index (χ1v) is 10.7. The molecule has 3 aromatic heterocycles. The molecular formula is C25H17ClFN5O2. The number of halogens is 2. The van der Waals surface area contributed by atoms with E-state index in [9.17, 15) is 9.18 Å². The van der Waals surface area contributed by atoms with Crippen molar-refractivity contribution in [2.45, 2.75) is 6.61 Å². The highest BCUT2D eigenvalue weighted by Gasteiger charge is 2.19. The molecule has 0 bridgehead atoms. The summed E-state index contributed by atoms with van der Waals surface area (Å²) in [6.07, 6.45) is 4.80. The summed E-state index contributed by atoms with van der Waals surface area (Å²) in [4.78, 5) is 32.3. The van der Waals surface area contributed by atoms with Crippen LogP contribution in [0.2, 0.25) is 5.02 Å². The van der Waals surface area contributed by atoms with Gasteiger partial charge in [-0.05, 0) is 36.4 Å². The second kappa shape index (κ2) is 9.29. The van der Waals surface area contributed by atoms with E-state index in [2.05, 4.69) is 20.3 Å². The average molecular weight is 474 g/mol. The highest BCUT2D eigenvalue weighted by Crippen LogP contribution is 2.30. The molecule has 0 aliphatic heterocycles. The molecule has 0 fully saturated rings. The zero-order valence-electron chi connectivity index (χ0n) is 17.7. The van der Waals surface area contributed by atoms with Crippen molar-refractivity contribution >= 4 is 34.3 Å². The maximum atomic E-state index is 14.7. The number of nitrogens with one attached hydrogen (secondary N) is 1. The number of aromatic nitrogens is 4. The third-order valence-corrected chi connectivity index (χ3v) is 5.36. The molecule has 0 spiro atoms. The van der Waals surface area contributed by atoms with Crippen molar-refractivity contribution in [3.63, 3.8) is 0 Å². The molecule has 5 rings (SSSR count). The Morgan fingerprint density at radius 3 is 2.65 bits per heavy atom. The number of fused-ring (bicyclic) bond motifs is 1. The molecule has 9 heteroatoms. The van der Waals surface area contributed by atoms with E-state index in [4.69, 9.17) is 16.4 Å². The summed E-state index contributed by atoms with van der Waals surface area (Å²) < 4.78 is 15.7. The molecule has 0 saturated carbocycles. The largest absolute Gasteiger partial charge is 0.404 e. The Hall–Kier alpha value is -4.30. The Balaban J connectivity index is 1.66. The van der Waals surface area contributed by atoms with Crippen molar-refractivity contribution in [3.8, 4) is 11.1 Å². The van der Waals surface area contributed by atoms with Crippen molar-refractivity contribution in [2.24, 2.45) is 0 Å². The first kappa shape index (κ1) is 21.5. The van der Waals surface area contributed by atoms with Gasteiger partial charge in [-0.15, -0.1) is 4.73 Å². The van der Waals surface area contributed by atoms with Gasteiger partial charge in [-0.3, -0.25) is 9.78 Å². The van der Waals surface area contributed by atoms with Gasteiger partial charge >= 0.3 is 0 Å². The summed E-state index contributed by atoms with van der Waals surface area (Å²) in [5, 5.41) is 3.68. The lowest BCUT2D eigenvalue weighted by molar-refractivity contribution is 0.0981. The average Bonchev–Trinajstić information content (AvgIpc) is 2.85. The highest BCUT2D eigenvalue weighted by molar-refractivity contribution is 6.33. The number of pyridine rings is 2. The Bertz CT molecular complexity index is 1510. The fourth-order valence-corrected chi connectivity index (χ4v) is 3.72. The predicted molar refractivity (Wildman–Crippen MR) is 128 cm³/mol. The molecule has 168 valence electrons. The molecule has 7 nitrogen and oxygen atoms in total. The van der Waals surface area contributed by atoms with Crippen molar-refractivity contribution in [1.82, 2.24) is 19.7 Å². The van der Waals surface area contributed by atoms with Crippen LogP contribution in [0, 0.1) is 5.82 Å². The predicted octanol–water partition coefficient (Wildman–Crippen LogP) is 5.02. The smallest absolute Gasteiger partial charge is 0.293 e. The molecule has 0 aliphatic carbocycles. The van der Waals surface area contributed by atoms with Crippen LogP contribution in [0.1, 0.15) is 5.56 Å². The third-order valence-electron chi connectivity index (χ3n) is 5.05. The molecule has 0 radical (unpaired) electrons. The third kappa shape index (κ3) is 4.31. The first-order chi connectivity index (χ1) is 16.6. The van der Waals surface area contributed by atoms with Crippen molar-refractivity contribution in [1.29, 1.82) is 0 Å². The van der Waals surface area contributed by atoms with Crippen LogP contribution in [0.25, 0.3) is 22.2 Å². The Labute approximate surface area is 198 Å². The van der Waals surface area contributed by atoms with Crippen LogP contribution in [0.3, 0.4) is 0 Å². The molecule has 0 amide bonds. The molecule has 5 aromatic rings. The number of hydrogen-bond donors (Lipinski definition) is 1. The summed E-state index contributed by atoms with van der Waals surface area (Å²) in [6, 6.07) is 18.7. The lowest BCUT2D eigenvalue weighted by atomic mass is 10.1. The van der Waals surface area contributed by atoms with Gasteiger partial charge in [-0.1, -0.05) is 41.9 Å². The van der Waals surface area contributed by atoms with Crippen LogP contribution in [0.4, 0.5) is 16.0 Å². The van der Waals surface area contributed by atoms with E-state index in [0.29, 0.717) is 5.39 Å². The van der Waals surface area contributed by atoms with Crippen LogP contribution < -0.4 is 15.7 Å². The number of hydrogen-bond acceptors (Lipinski definition) is 6. The van der Waals surface area contributed by atoms with Gasteiger partial charge in [0.05, 0.1) is 10.6 Å². The van der Waals surface area contributed by atoms with Crippen LogP contribution in [-0.2, 0) is 6.61 Å². The molecule has 2 aromatic carbocycles. The quantitative estimate of drug-likeness (QED) is 0.373. The minimum absolute atomic E-state index is 0.0127. The molecule has 0 unspecified atom stereocenters. The molecule has 0 atom stereocenters. The molecule has 0 saturated heterocycles. The number of para-hydroxylation sites is 1. The number of nitrogens with zero attached hydrogens (tertiary/aromatic N) is 4. The Morgan fingerprint density at radius 2 is 1.88 bits per heavy atom. The van der Waals surface area contributed by atoms with Gasteiger partial charge in [0, 0.05) is 40.8 Å². The van der Waals surface area contributed by atoms with Crippen molar-refractivity contribution < 1.29 is 9.23 Å². The van der Waals surface area contributed by atoms with Gasteiger partial charge in [0.1, 0.15) is 12.4 Å². The van der Waals surface area contributed by atoms with Crippen LogP contribution in [0.15, 0.2) is 90.1 Å². The molecule has 0 aliphatic rings. The second-order valence-corrected chi connectivity index (χ2v) is 7.76. The number of rotatable bonds is 6. The maximum Gasteiger partial charge on any atom is 0.293 e. The van der Waals surface area contributed by atoms with E-state index >= 15 is 0 Å². The SMILES string of the molecule is O=c1c(-c2c(F)cccc2Cl)cc2cnc(Nc3ccccc3)nc2n1OCc1cccnc1. The lowest BCUT2D eigenvalue weighted by Gasteiger charge is -2.15. The summed E-state index contributed by atoms with van der Waals surface area (Å²) >= 11 is 6.25. The van der Waals surface area contributed by atoms with Gasteiger partial charge < -0.3 is 10.2 Å². The first-order valence-electron chi connectivity index (χ1n) is 10.3. The van der Waals surface area contributed by atoms with Crippen LogP contribution >= 0.6 is 11.6 Å². The lowest BCUT2D eigenvalue weighted by Crippen LogP contribution is -2.29. The van der Waals surface area contributed by atoms with Crippen LogP contribution in [0.5, 0.6) is 0 Å². The number of benzene rings is 2. The topological polar surface area (TPSA) is 81.9 Å². The zero-order valence-corrected chi connectivity index (χ0v) is 18.4. The minimum atomic E-state index is -0.619. The second-order valence-electron chi connectivity index (χ2n) is 7.35. The van der Waals surface area contributed by atoms with Gasteiger partial charge in [0.15, 0.2) is 5.65 Å². The Kier molecular flexibility index (Phi) is 5.88. The Morgan fingerprint density at radius 1 is 1.03 bits per heavy atom. The van der Waals surface area contributed by atoms with Crippen LogP contribution in [-0.4, -0.2) is 19.7 Å². The van der Waals surface area contributed by atoms with Crippen molar-refractivity contribution in [2.75, 3.05) is 5.32 Å². The van der Waals surface area contributed by atoms with Crippen molar-refractivity contribution in [3.05, 3.63) is 112 Å². The normalized spacial score (nSPS) is 10.9. The summed E-state index contributed by atoms with van der Waals surface area (Å²) in [6.45, 7) is 0.0444. The van der Waals surface area contributed by atoms with Gasteiger partial charge in [0.25, 0.3) is 5.56 Å². The highest BCUT2D eigenvalue weighted by atomic mass is 35.5. The number of anilines is 2. The van der Waals surface area contributed by atoms with E-state index in [1.165, 1.54) is 30.5 Å². The van der Waals surface area contributed by atoms with Gasteiger partial charge in [0.2, 0.25) is 5.95 Å². The zero-order chi connectivity index (χ0) is 23.5. The molecular weight excluding hydrogens is 457 g/mol. The summed E-state index contributed by atoms with van der Waals surface area (Å²) in [5.41, 5.74) is 1.16. The van der Waals surface area contributed by atoms with E-state index in [1.54, 1.807) is 18.5 Å². The van der Waals surface area contributed by atoms with E-state index in [1.807, 2.05) is 36.4 Å². The standard InChI is InChI=1S/C25H17ClFN5O2/c26-20-9-4-10-21(27)22(20)19-12-17-14-29-25(30-18-7-2-1-3-8-18)31-23(17)32(24(19)33)34-15-16-6-5-11-28-13-16/h1-14H,15H2,(H,29,30,31). The molecule has 34 heavy (non-hydrogen) atoms.